The van der Waals surface area contributed by atoms with Crippen molar-refractivity contribution >= 4 is 22.1 Å². The second-order valence-corrected chi connectivity index (χ2v) is 9.01. The van der Waals surface area contributed by atoms with Gasteiger partial charge in [0.25, 0.3) is 0 Å². The topological polar surface area (TPSA) is 29.9 Å². The van der Waals surface area contributed by atoms with Gasteiger partial charge in [-0.2, -0.15) is 0 Å². The normalized spacial score (nSPS) is 14.1. The van der Waals surface area contributed by atoms with Crippen LogP contribution in [0.4, 0.5) is 0 Å². The first kappa shape index (κ1) is 19.2. The van der Waals surface area contributed by atoms with Crippen molar-refractivity contribution in [2.75, 3.05) is 0 Å². The zero-order chi connectivity index (χ0) is 22.0. The predicted molar refractivity (Wildman–Crippen MR) is 130 cm³/mol. The lowest BCUT2D eigenvalue weighted by Gasteiger charge is -2.28. The smallest absolute Gasteiger partial charge is 0.227 e. The van der Waals surface area contributed by atoms with Crippen LogP contribution in [0.3, 0.4) is 0 Å². The highest BCUT2D eigenvalue weighted by Crippen LogP contribution is 2.53. The van der Waals surface area contributed by atoms with E-state index < -0.39 is 0 Å². The molecule has 1 aliphatic carbocycles. The molecule has 0 fully saturated rings. The molecule has 1 aliphatic rings. The number of furan rings is 1. The number of hydrogen-bond donors (Lipinski definition) is 0. The summed E-state index contributed by atoms with van der Waals surface area (Å²) >= 11 is 0. The van der Waals surface area contributed by atoms with Crippen molar-refractivity contribution in [3.05, 3.63) is 83.7 Å². The van der Waals surface area contributed by atoms with Gasteiger partial charge in [-0.3, -0.25) is 0 Å². The third-order valence-corrected chi connectivity index (χ3v) is 7.55. The second-order valence-electron chi connectivity index (χ2n) is 9.01. The van der Waals surface area contributed by atoms with Gasteiger partial charge in [-0.1, -0.05) is 50.2 Å². The minimum Gasteiger partial charge on any atom is -0.437 e. The number of nitrogens with zero attached hydrogens (tertiary/aromatic N) is 2. The highest BCUT2D eigenvalue weighted by atomic mass is 16.3. The van der Waals surface area contributed by atoms with Crippen molar-refractivity contribution in [3.63, 3.8) is 0 Å². The summed E-state index contributed by atoms with van der Waals surface area (Å²) in [5.41, 5.74) is 10.2. The summed E-state index contributed by atoms with van der Waals surface area (Å²) in [4.78, 5) is 5.22. The molecule has 0 saturated heterocycles. The molecule has 0 radical (unpaired) electrons. The van der Waals surface area contributed by atoms with Crippen LogP contribution in [0.25, 0.3) is 44.5 Å². The molecule has 5 aromatic rings. The second kappa shape index (κ2) is 6.77. The standard InChI is InChI=1S/C29H27N2O/c1-5-29(6-2)23-12-8-7-11-19(23)21-17-22-20-15-14-18(3)25(24-13-9-10-16-31(24)4)26(20)32-28(22)30-27(21)29/h7-17H,5-6H2,1-4H3/q+1. The Morgan fingerprint density at radius 3 is 2.47 bits per heavy atom. The molecule has 0 atom stereocenters. The molecule has 0 amide bonds. The monoisotopic (exact) mass is 419 g/mol. The van der Waals surface area contributed by atoms with E-state index in [9.17, 15) is 0 Å². The summed E-state index contributed by atoms with van der Waals surface area (Å²) in [5, 5.41) is 2.22. The van der Waals surface area contributed by atoms with Crippen LogP contribution in [0.15, 0.2) is 71.3 Å². The van der Waals surface area contributed by atoms with Crippen molar-refractivity contribution < 1.29 is 8.98 Å². The molecule has 0 spiro atoms. The van der Waals surface area contributed by atoms with E-state index in [2.05, 4.69) is 99.2 Å². The van der Waals surface area contributed by atoms with Gasteiger partial charge in [0.15, 0.2) is 11.8 Å². The first-order chi connectivity index (χ1) is 15.6. The molecular weight excluding hydrogens is 392 g/mol. The van der Waals surface area contributed by atoms with Crippen molar-refractivity contribution in [2.45, 2.75) is 39.0 Å². The molecule has 3 heterocycles. The van der Waals surface area contributed by atoms with E-state index in [1.54, 1.807) is 0 Å². The summed E-state index contributed by atoms with van der Waals surface area (Å²) in [5.74, 6) is 0. The summed E-state index contributed by atoms with van der Waals surface area (Å²) in [6.45, 7) is 6.70. The van der Waals surface area contributed by atoms with Gasteiger partial charge < -0.3 is 4.42 Å². The minimum absolute atomic E-state index is 0.0519. The zero-order valence-electron chi connectivity index (χ0n) is 19.1. The van der Waals surface area contributed by atoms with Crippen LogP contribution >= 0.6 is 0 Å². The molecular formula is C29H27N2O+. The van der Waals surface area contributed by atoms with Gasteiger partial charge in [0.2, 0.25) is 11.4 Å². The summed E-state index contributed by atoms with van der Waals surface area (Å²) < 4.78 is 8.71. The molecule has 3 aromatic heterocycles. The lowest BCUT2D eigenvalue weighted by atomic mass is 9.76. The van der Waals surface area contributed by atoms with Crippen LogP contribution in [-0.2, 0) is 12.5 Å². The average Bonchev–Trinajstić information content (AvgIpc) is 3.31. The van der Waals surface area contributed by atoms with E-state index in [0.717, 1.165) is 46.2 Å². The van der Waals surface area contributed by atoms with Crippen molar-refractivity contribution in [2.24, 2.45) is 7.05 Å². The average molecular weight is 420 g/mol. The Kier molecular flexibility index (Phi) is 4.07. The number of hydrogen-bond acceptors (Lipinski definition) is 2. The first-order valence-electron chi connectivity index (χ1n) is 11.5. The predicted octanol–water partition coefficient (Wildman–Crippen LogP) is 6.87. The number of fused-ring (bicyclic) bond motifs is 6. The molecule has 32 heavy (non-hydrogen) atoms. The van der Waals surface area contributed by atoms with Gasteiger partial charge in [-0.05, 0) is 48.6 Å². The Morgan fingerprint density at radius 1 is 0.906 bits per heavy atom. The van der Waals surface area contributed by atoms with Crippen LogP contribution in [0.1, 0.15) is 43.5 Å². The maximum absolute atomic E-state index is 6.56. The maximum Gasteiger partial charge on any atom is 0.227 e. The Hall–Kier alpha value is -3.46. The molecule has 0 unspecified atom stereocenters. The summed E-state index contributed by atoms with van der Waals surface area (Å²) in [6, 6.07) is 21.8. The van der Waals surface area contributed by atoms with Crippen LogP contribution in [0, 0.1) is 6.92 Å². The summed E-state index contributed by atoms with van der Waals surface area (Å²) in [7, 11) is 2.08. The van der Waals surface area contributed by atoms with Crippen LogP contribution in [0.5, 0.6) is 0 Å². The molecule has 3 heteroatoms. The van der Waals surface area contributed by atoms with E-state index >= 15 is 0 Å². The molecule has 158 valence electrons. The van der Waals surface area contributed by atoms with Gasteiger partial charge in [0.1, 0.15) is 7.05 Å². The third-order valence-electron chi connectivity index (χ3n) is 7.55. The number of aryl methyl sites for hydroxylation is 2. The Morgan fingerprint density at radius 2 is 1.69 bits per heavy atom. The molecule has 2 aromatic carbocycles. The minimum atomic E-state index is -0.0519. The third kappa shape index (κ3) is 2.37. The van der Waals surface area contributed by atoms with Crippen LogP contribution in [-0.4, -0.2) is 4.98 Å². The number of aromatic nitrogens is 2. The number of benzene rings is 2. The molecule has 0 bridgehead atoms. The molecule has 6 rings (SSSR count). The van der Waals surface area contributed by atoms with Gasteiger partial charge in [0, 0.05) is 33.9 Å². The van der Waals surface area contributed by atoms with Crippen LogP contribution in [0.2, 0.25) is 0 Å². The fourth-order valence-electron chi connectivity index (χ4n) is 5.76. The van der Waals surface area contributed by atoms with E-state index in [1.807, 2.05) is 0 Å². The SMILES string of the molecule is CCC1(CC)c2ccccc2-c2cc3c(nc21)oc1c(-c2cccc[n+]2C)c(C)ccc13. The lowest BCUT2D eigenvalue weighted by molar-refractivity contribution is -0.660. The lowest BCUT2D eigenvalue weighted by Crippen LogP contribution is -2.30. The van der Waals surface area contributed by atoms with Gasteiger partial charge in [-0.25, -0.2) is 9.55 Å². The van der Waals surface area contributed by atoms with Gasteiger partial charge >= 0.3 is 0 Å². The van der Waals surface area contributed by atoms with E-state index in [4.69, 9.17) is 9.40 Å². The molecule has 3 nitrogen and oxygen atoms in total. The fraction of sp³-hybridized carbons (Fsp3) is 0.241. The van der Waals surface area contributed by atoms with Crippen molar-refractivity contribution in [1.29, 1.82) is 0 Å². The maximum atomic E-state index is 6.56. The fourth-order valence-corrected chi connectivity index (χ4v) is 5.76. The van der Waals surface area contributed by atoms with E-state index in [-0.39, 0.29) is 5.41 Å². The Labute approximate surface area is 188 Å². The molecule has 0 N–H and O–H groups in total. The largest absolute Gasteiger partial charge is 0.437 e. The van der Waals surface area contributed by atoms with E-state index in [1.165, 1.54) is 27.9 Å². The Balaban J connectivity index is 1.71. The molecule has 0 saturated carbocycles. The van der Waals surface area contributed by atoms with Gasteiger partial charge in [-0.15, -0.1) is 0 Å². The highest BCUT2D eigenvalue weighted by Gasteiger charge is 2.42. The van der Waals surface area contributed by atoms with E-state index in [0.29, 0.717) is 0 Å². The Bertz CT molecular complexity index is 1520. The highest BCUT2D eigenvalue weighted by molar-refractivity contribution is 6.10. The van der Waals surface area contributed by atoms with Crippen molar-refractivity contribution in [3.8, 4) is 22.4 Å². The first-order valence-corrected chi connectivity index (χ1v) is 11.5. The summed E-state index contributed by atoms with van der Waals surface area (Å²) in [6.07, 6.45) is 4.13. The number of pyridine rings is 2. The number of rotatable bonds is 3. The quantitative estimate of drug-likeness (QED) is 0.299. The zero-order valence-corrected chi connectivity index (χ0v) is 19.1. The van der Waals surface area contributed by atoms with Crippen LogP contribution < -0.4 is 4.57 Å². The van der Waals surface area contributed by atoms with Gasteiger partial charge in [0.05, 0.1) is 11.3 Å². The molecule has 0 aliphatic heterocycles. The van der Waals surface area contributed by atoms with Crippen molar-refractivity contribution in [1.82, 2.24) is 4.98 Å².